The van der Waals surface area contributed by atoms with E-state index in [2.05, 4.69) is 33.9 Å². The molecule has 1 aromatic carbocycles. The highest BCUT2D eigenvalue weighted by Gasteiger charge is 2.18. The van der Waals surface area contributed by atoms with E-state index >= 15 is 0 Å². The zero-order valence-electron chi connectivity index (χ0n) is 10.5. The molecule has 2 N–H and O–H groups in total. The van der Waals surface area contributed by atoms with Crippen molar-refractivity contribution >= 4 is 21.6 Å². The van der Waals surface area contributed by atoms with E-state index in [-0.39, 0.29) is 0 Å². The van der Waals surface area contributed by atoms with E-state index in [0.717, 1.165) is 22.7 Å². The summed E-state index contributed by atoms with van der Waals surface area (Å²) in [4.78, 5) is 2.46. The summed E-state index contributed by atoms with van der Waals surface area (Å²) in [5.41, 5.74) is 8.15. The minimum absolute atomic E-state index is 0.738. The highest BCUT2D eigenvalue weighted by atomic mass is 79.9. The lowest BCUT2D eigenvalue weighted by Crippen LogP contribution is -2.33. The number of hydrogen-bond donors (Lipinski definition) is 1. The van der Waals surface area contributed by atoms with Gasteiger partial charge < -0.3 is 5.73 Å². The van der Waals surface area contributed by atoms with Gasteiger partial charge in [-0.3, -0.25) is 4.90 Å². The Hall–Kier alpha value is -0.540. The van der Waals surface area contributed by atoms with Crippen molar-refractivity contribution < 1.29 is 0 Å². The van der Waals surface area contributed by atoms with E-state index in [4.69, 9.17) is 5.73 Å². The smallest absolute Gasteiger partial charge is 0.0360 e. The molecule has 0 atom stereocenters. The van der Waals surface area contributed by atoms with E-state index in [1.54, 1.807) is 0 Å². The van der Waals surface area contributed by atoms with Gasteiger partial charge in [0.15, 0.2) is 0 Å². The first-order chi connectivity index (χ1) is 8.16. The largest absolute Gasteiger partial charge is 0.398 e. The second-order valence-electron chi connectivity index (χ2n) is 5.05. The topological polar surface area (TPSA) is 29.3 Å². The third-order valence-corrected chi connectivity index (χ3v) is 4.22. The normalized spacial score (nSPS) is 17.6. The summed E-state index contributed by atoms with van der Waals surface area (Å²) in [6.45, 7) is 0.954. The zero-order valence-corrected chi connectivity index (χ0v) is 12.0. The van der Waals surface area contributed by atoms with Crippen LogP contribution < -0.4 is 5.73 Å². The molecule has 0 heterocycles. The highest BCUT2D eigenvalue weighted by Crippen LogP contribution is 2.25. The lowest BCUT2D eigenvalue weighted by molar-refractivity contribution is 0.185. The Morgan fingerprint density at radius 3 is 2.71 bits per heavy atom. The molecule has 0 aromatic heterocycles. The second-order valence-corrected chi connectivity index (χ2v) is 5.97. The van der Waals surface area contributed by atoms with Crippen molar-refractivity contribution in [2.45, 2.75) is 44.7 Å². The Bertz CT molecular complexity index is 372. The number of nitrogen functional groups attached to an aromatic ring is 1. The summed E-state index contributed by atoms with van der Waals surface area (Å²) in [7, 11) is 2.22. The highest BCUT2D eigenvalue weighted by molar-refractivity contribution is 9.10. The lowest BCUT2D eigenvalue weighted by atomic mass is 9.94. The molecule has 1 fully saturated rings. The molecule has 94 valence electrons. The first-order valence-corrected chi connectivity index (χ1v) is 7.20. The zero-order chi connectivity index (χ0) is 12.3. The molecule has 3 heteroatoms. The Balaban J connectivity index is 2.01. The average molecular weight is 297 g/mol. The number of nitrogens with two attached hydrogens (primary N) is 1. The van der Waals surface area contributed by atoms with Gasteiger partial charge in [0.25, 0.3) is 0 Å². The summed E-state index contributed by atoms with van der Waals surface area (Å²) in [6.07, 6.45) is 6.84. The first kappa shape index (κ1) is 12.9. The van der Waals surface area contributed by atoms with Crippen molar-refractivity contribution in [2.24, 2.45) is 0 Å². The van der Waals surface area contributed by atoms with Gasteiger partial charge in [0.1, 0.15) is 0 Å². The third-order valence-electron chi connectivity index (χ3n) is 3.72. The van der Waals surface area contributed by atoms with Gasteiger partial charge in [0, 0.05) is 22.7 Å². The second kappa shape index (κ2) is 5.87. The van der Waals surface area contributed by atoms with Gasteiger partial charge in [-0.05, 0) is 43.7 Å². The van der Waals surface area contributed by atoms with Crippen molar-refractivity contribution in [1.82, 2.24) is 4.90 Å². The van der Waals surface area contributed by atoms with Crippen molar-refractivity contribution in [1.29, 1.82) is 0 Å². The summed E-state index contributed by atoms with van der Waals surface area (Å²) < 4.78 is 1.11. The number of hydrogen-bond acceptors (Lipinski definition) is 2. The van der Waals surface area contributed by atoms with E-state index in [1.807, 2.05) is 12.1 Å². The Morgan fingerprint density at radius 1 is 1.29 bits per heavy atom. The summed E-state index contributed by atoms with van der Waals surface area (Å²) >= 11 is 3.51. The molecule has 0 saturated heterocycles. The summed E-state index contributed by atoms with van der Waals surface area (Å²) in [5.74, 6) is 0. The molecule has 0 bridgehead atoms. The molecule has 2 nitrogen and oxygen atoms in total. The van der Waals surface area contributed by atoms with E-state index in [9.17, 15) is 0 Å². The van der Waals surface area contributed by atoms with Gasteiger partial charge in [-0.1, -0.05) is 35.2 Å². The molecular formula is C14H21BrN2. The molecular weight excluding hydrogens is 276 g/mol. The van der Waals surface area contributed by atoms with Crippen LogP contribution in [0.25, 0.3) is 0 Å². The van der Waals surface area contributed by atoms with Crippen molar-refractivity contribution in [3.8, 4) is 0 Å². The average Bonchev–Trinajstić information content (AvgIpc) is 2.35. The SMILES string of the molecule is CN(Cc1cc(Br)ccc1N)C1CCCCC1. The van der Waals surface area contributed by atoms with Gasteiger partial charge >= 0.3 is 0 Å². The number of halogens is 1. The maximum Gasteiger partial charge on any atom is 0.0360 e. The fourth-order valence-electron chi connectivity index (χ4n) is 2.63. The fraction of sp³-hybridized carbons (Fsp3) is 0.571. The summed E-state index contributed by atoms with van der Waals surface area (Å²) in [6, 6.07) is 6.85. The van der Waals surface area contributed by atoms with E-state index in [0.29, 0.717) is 0 Å². The maximum absolute atomic E-state index is 6.02. The number of nitrogens with zero attached hydrogens (tertiary/aromatic N) is 1. The Labute approximate surface area is 112 Å². The van der Waals surface area contributed by atoms with Crippen LogP contribution in [0, 0.1) is 0 Å². The van der Waals surface area contributed by atoms with E-state index in [1.165, 1.54) is 37.7 Å². The monoisotopic (exact) mass is 296 g/mol. The minimum Gasteiger partial charge on any atom is -0.398 e. The Kier molecular flexibility index (Phi) is 4.46. The fourth-order valence-corrected chi connectivity index (χ4v) is 3.04. The lowest BCUT2D eigenvalue weighted by Gasteiger charge is -2.31. The number of benzene rings is 1. The van der Waals surface area contributed by atoms with Crippen LogP contribution in [0.1, 0.15) is 37.7 Å². The third kappa shape index (κ3) is 3.46. The van der Waals surface area contributed by atoms with Gasteiger partial charge in [-0.2, -0.15) is 0 Å². The molecule has 0 unspecified atom stereocenters. The summed E-state index contributed by atoms with van der Waals surface area (Å²) in [5, 5.41) is 0. The van der Waals surface area contributed by atoms with Crippen LogP contribution >= 0.6 is 15.9 Å². The molecule has 1 aromatic rings. The predicted octanol–water partition coefficient (Wildman–Crippen LogP) is 3.80. The van der Waals surface area contributed by atoms with Crippen LogP contribution in [0.5, 0.6) is 0 Å². The number of rotatable bonds is 3. The Morgan fingerprint density at radius 2 is 2.00 bits per heavy atom. The van der Waals surface area contributed by atoms with Gasteiger partial charge in [0.2, 0.25) is 0 Å². The van der Waals surface area contributed by atoms with Crippen LogP contribution in [0.3, 0.4) is 0 Å². The molecule has 0 spiro atoms. The van der Waals surface area contributed by atoms with Crippen LogP contribution in [0.4, 0.5) is 5.69 Å². The van der Waals surface area contributed by atoms with Gasteiger partial charge in [0.05, 0.1) is 0 Å². The molecule has 17 heavy (non-hydrogen) atoms. The van der Waals surface area contributed by atoms with Crippen molar-refractivity contribution in [2.75, 3.05) is 12.8 Å². The molecule has 2 rings (SSSR count). The molecule has 1 saturated carbocycles. The molecule has 0 amide bonds. The van der Waals surface area contributed by atoms with Crippen LogP contribution in [0.15, 0.2) is 22.7 Å². The van der Waals surface area contributed by atoms with Crippen LogP contribution in [-0.4, -0.2) is 18.0 Å². The molecule has 0 radical (unpaired) electrons. The quantitative estimate of drug-likeness (QED) is 0.860. The van der Waals surface area contributed by atoms with Crippen LogP contribution in [-0.2, 0) is 6.54 Å². The van der Waals surface area contributed by atoms with Gasteiger partial charge in [-0.25, -0.2) is 0 Å². The molecule has 0 aliphatic heterocycles. The van der Waals surface area contributed by atoms with Gasteiger partial charge in [-0.15, -0.1) is 0 Å². The molecule has 1 aliphatic carbocycles. The van der Waals surface area contributed by atoms with Crippen molar-refractivity contribution in [3.05, 3.63) is 28.2 Å². The molecule has 1 aliphatic rings. The number of anilines is 1. The van der Waals surface area contributed by atoms with Crippen LogP contribution in [0.2, 0.25) is 0 Å². The predicted molar refractivity (Wildman–Crippen MR) is 76.9 cm³/mol. The minimum atomic E-state index is 0.738. The van der Waals surface area contributed by atoms with Crippen molar-refractivity contribution in [3.63, 3.8) is 0 Å². The maximum atomic E-state index is 6.02. The van der Waals surface area contributed by atoms with E-state index < -0.39 is 0 Å². The first-order valence-electron chi connectivity index (χ1n) is 6.41. The standard InChI is InChI=1S/C14H21BrN2/c1-17(13-5-3-2-4-6-13)10-11-9-12(15)7-8-14(11)16/h7-9,13H,2-6,10,16H2,1H3.